The van der Waals surface area contributed by atoms with Crippen LogP contribution in [0.4, 0.5) is 4.39 Å². The third-order valence-electron chi connectivity index (χ3n) is 2.66. The third kappa shape index (κ3) is 3.56. The van der Waals surface area contributed by atoms with Crippen molar-refractivity contribution in [2.45, 2.75) is 11.7 Å². The Kier molecular flexibility index (Phi) is 4.91. The second-order valence-corrected chi connectivity index (χ2v) is 6.74. The Morgan fingerprint density at radius 1 is 1.43 bits per heavy atom. The highest BCUT2D eigenvalue weighted by atomic mass is 127. The van der Waals surface area contributed by atoms with E-state index in [1.807, 2.05) is 22.6 Å². The molecule has 1 aromatic carbocycles. The number of sulfonamides is 1. The summed E-state index contributed by atoms with van der Waals surface area (Å²) in [5.41, 5.74) is 0.565. The molecule has 2 N–H and O–H groups in total. The van der Waals surface area contributed by atoms with Gasteiger partial charge in [0.15, 0.2) is 5.82 Å². The fourth-order valence-electron chi connectivity index (χ4n) is 1.75. The number of primary sulfonamides is 1. The first-order valence-corrected chi connectivity index (χ1v) is 8.37. The highest BCUT2D eigenvalue weighted by Gasteiger charge is 2.23. The van der Waals surface area contributed by atoms with Gasteiger partial charge in [-0.3, -0.25) is 4.57 Å². The van der Waals surface area contributed by atoms with E-state index in [9.17, 15) is 12.8 Å². The molecule has 7 nitrogen and oxygen atoms in total. The number of hydrogen-bond donors (Lipinski definition) is 1. The Bertz CT molecular complexity index is 763. The van der Waals surface area contributed by atoms with Crippen LogP contribution >= 0.6 is 22.6 Å². The van der Waals surface area contributed by atoms with E-state index in [1.165, 1.54) is 29.9 Å². The zero-order valence-electron chi connectivity index (χ0n) is 11.0. The van der Waals surface area contributed by atoms with E-state index in [0.717, 1.165) is 0 Å². The molecule has 10 heteroatoms. The molecule has 1 aromatic heterocycles. The quantitative estimate of drug-likeness (QED) is 0.719. The van der Waals surface area contributed by atoms with Gasteiger partial charge in [0.1, 0.15) is 5.82 Å². The minimum absolute atomic E-state index is 0.206. The van der Waals surface area contributed by atoms with Crippen molar-refractivity contribution in [3.8, 4) is 11.4 Å². The predicted octanol–water partition coefficient (Wildman–Crippen LogP) is 0.983. The summed E-state index contributed by atoms with van der Waals surface area (Å²) in [5, 5.41) is 12.3. The van der Waals surface area contributed by atoms with Crippen LogP contribution < -0.4 is 5.14 Å². The summed E-state index contributed by atoms with van der Waals surface area (Å²) in [7, 11) is -2.53. The van der Waals surface area contributed by atoms with Crippen LogP contribution in [-0.4, -0.2) is 36.9 Å². The zero-order chi connectivity index (χ0) is 15.6. The maximum atomic E-state index is 13.2. The summed E-state index contributed by atoms with van der Waals surface area (Å²) in [6, 6.07) is 4.10. The van der Waals surface area contributed by atoms with Crippen molar-refractivity contribution in [3.63, 3.8) is 0 Å². The van der Waals surface area contributed by atoms with E-state index in [2.05, 4.69) is 10.2 Å². The van der Waals surface area contributed by atoms with Gasteiger partial charge in [-0.25, -0.2) is 17.9 Å². The van der Waals surface area contributed by atoms with Crippen LogP contribution in [0.1, 0.15) is 0 Å². The molecule has 0 aliphatic heterocycles. The zero-order valence-corrected chi connectivity index (χ0v) is 13.9. The number of ether oxygens (including phenoxy) is 1. The van der Waals surface area contributed by atoms with Crippen LogP contribution in [-0.2, 0) is 21.3 Å². The normalized spacial score (nSPS) is 11.8. The molecule has 114 valence electrons. The number of halogens is 2. The number of methoxy groups -OCH3 is 1. The smallest absolute Gasteiger partial charge is 0.273 e. The molecule has 0 amide bonds. The molecule has 2 aromatic rings. The van der Waals surface area contributed by atoms with Crippen LogP contribution in [0.15, 0.2) is 23.4 Å². The predicted molar refractivity (Wildman–Crippen MR) is 81.4 cm³/mol. The summed E-state index contributed by atoms with van der Waals surface area (Å²) in [6.45, 7) is 0.462. The van der Waals surface area contributed by atoms with Gasteiger partial charge in [0.25, 0.3) is 15.2 Å². The van der Waals surface area contributed by atoms with Crippen molar-refractivity contribution in [1.29, 1.82) is 0 Å². The first-order valence-electron chi connectivity index (χ1n) is 5.75. The molecule has 2 rings (SSSR count). The van der Waals surface area contributed by atoms with Gasteiger partial charge in [-0.1, -0.05) is 0 Å². The van der Waals surface area contributed by atoms with Gasteiger partial charge in [-0.2, -0.15) is 0 Å². The van der Waals surface area contributed by atoms with E-state index >= 15 is 0 Å². The molecule has 0 saturated heterocycles. The van der Waals surface area contributed by atoms with Crippen molar-refractivity contribution in [3.05, 3.63) is 27.6 Å². The summed E-state index contributed by atoms with van der Waals surface area (Å²) in [6.07, 6.45) is 0. The molecule has 0 saturated carbocycles. The van der Waals surface area contributed by atoms with E-state index in [0.29, 0.717) is 15.0 Å². The van der Waals surface area contributed by atoms with E-state index in [1.54, 1.807) is 0 Å². The van der Waals surface area contributed by atoms with Crippen LogP contribution in [0.2, 0.25) is 0 Å². The maximum absolute atomic E-state index is 13.2. The Labute approximate surface area is 134 Å². The number of benzene rings is 1. The molecule has 0 aliphatic carbocycles. The molecule has 0 atom stereocenters. The fourth-order valence-corrected chi connectivity index (χ4v) is 3.11. The molecule has 0 aliphatic rings. The monoisotopic (exact) mass is 426 g/mol. The van der Waals surface area contributed by atoms with Crippen LogP contribution in [0, 0.1) is 9.39 Å². The second kappa shape index (κ2) is 6.34. The second-order valence-electron chi connectivity index (χ2n) is 4.12. The van der Waals surface area contributed by atoms with Crippen molar-refractivity contribution < 1.29 is 17.5 Å². The lowest BCUT2D eigenvalue weighted by molar-refractivity contribution is 0.185. The molecule has 0 fully saturated rings. The SMILES string of the molecule is COCCn1c(-c2ccc(F)cc2I)nnc1S(N)(=O)=O. The minimum Gasteiger partial charge on any atom is -0.383 e. The highest BCUT2D eigenvalue weighted by Crippen LogP contribution is 2.26. The third-order valence-corrected chi connectivity index (χ3v) is 4.37. The van der Waals surface area contributed by atoms with Gasteiger partial charge >= 0.3 is 0 Å². The van der Waals surface area contributed by atoms with Crippen molar-refractivity contribution in [2.24, 2.45) is 5.14 Å². The van der Waals surface area contributed by atoms with E-state index in [-0.39, 0.29) is 18.3 Å². The number of nitrogens with zero attached hydrogens (tertiary/aromatic N) is 3. The van der Waals surface area contributed by atoms with Crippen LogP contribution in [0.25, 0.3) is 11.4 Å². The number of rotatable bonds is 5. The topological polar surface area (TPSA) is 100 Å². The molecular weight excluding hydrogens is 414 g/mol. The first kappa shape index (κ1) is 16.3. The molecular formula is C11H12FIN4O3S. The van der Waals surface area contributed by atoms with Crippen LogP contribution in [0.3, 0.4) is 0 Å². The molecule has 0 bridgehead atoms. The average molecular weight is 426 g/mol. The summed E-state index contributed by atoms with van der Waals surface area (Å²) in [4.78, 5) is 0. The van der Waals surface area contributed by atoms with Gasteiger partial charge in [0.2, 0.25) is 0 Å². The lowest BCUT2D eigenvalue weighted by atomic mass is 10.2. The molecule has 0 spiro atoms. The van der Waals surface area contributed by atoms with Gasteiger partial charge in [-0.05, 0) is 40.8 Å². The average Bonchev–Trinajstić information content (AvgIpc) is 2.79. The van der Waals surface area contributed by atoms with Gasteiger partial charge in [0.05, 0.1) is 13.2 Å². The van der Waals surface area contributed by atoms with Crippen molar-refractivity contribution >= 4 is 32.6 Å². The summed E-state index contributed by atoms with van der Waals surface area (Å²) in [5.74, 6) is -0.0988. The van der Waals surface area contributed by atoms with Crippen molar-refractivity contribution in [2.75, 3.05) is 13.7 Å². The number of hydrogen-bond acceptors (Lipinski definition) is 5. The standard InChI is InChI=1S/C11H12FIN4O3S/c1-20-5-4-17-10(15-16-11(17)21(14,18)19)8-3-2-7(12)6-9(8)13/h2-3,6H,4-5H2,1H3,(H2,14,18,19). The number of aromatic nitrogens is 3. The Morgan fingerprint density at radius 3 is 2.71 bits per heavy atom. The summed E-state index contributed by atoms with van der Waals surface area (Å²) >= 11 is 1.94. The van der Waals surface area contributed by atoms with Crippen LogP contribution in [0.5, 0.6) is 0 Å². The van der Waals surface area contributed by atoms with Gasteiger partial charge < -0.3 is 4.74 Å². The van der Waals surface area contributed by atoms with Gasteiger partial charge in [-0.15, -0.1) is 10.2 Å². The Balaban J connectivity index is 2.60. The molecule has 21 heavy (non-hydrogen) atoms. The lowest BCUT2D eigenvalue weighted by Crippen LogP contribution is -2.20. The first-order chi connectivity index (χ1) is 9.84. The number of nitrogens with two attached hydrogens (primary N) is 1. The Hall–Kier alpha value is -1.11. The van der Waals surface area contributed by atoms with E-state index < -0.39 is 15.8 Å². The van der Waals surface area contributed by atoms with Gasteiger partial charge in [0, 0.05) is 16.2 Å². The summed E-state index contributed by atoms with van der Waals surface area (Å²) < 4.78 is 43.2. The Morgan fingerprint density at radius 2 is 2.14 bits per heavy atom. The lowest BCUT2D eigenvalue weighted by Gasteiger charge is -2.10. The highest BCUT2D eigenvalue weighted by molar-refractivity contribution is 14.1. The minimum atomic E-state index is -4.01. The largest absolute Gasteiger partial charge is 0.383 e. The van der Waals surface area contributed by atoms with Crippen molar-refractivity contribution in [1.82, 2.24) is 14.8 Å². The fraction of sp³-hybridized carbons (Fsp3) is 0.273. The molecule has 1 heterocycles. The van der Waals surface area contributed by atoms with E-state index in [4.69, 9.17) is 9.88 Å². The molecule has 0 radical (unpaired) electrons. The molecule has 0 unspecified atom stereocenters. The maximum Gasteiger partial charge on any atom is 0.273 e.